The van der Waals surface area contributed by atoms with Gasteiger partial charge in [-0.2, -0.15) is 0 Å². The fourth-order valence-electron chi connectivity index (χ4n) is 2.11. The highest BCUT2D eigenvalue weighted by Crippen LogP contribution is 2.38. The van der Waals surface area contributed by atoms with Gasteiger partial charge >= 0.3 is 0 Å². The second kappa shape index (κ2) is 6.96. The maximum atomic E-state index is 11.8. The Labute approximate surface area is 114 Å². The van der Waals surface area contributed by atoms with Gasteiger partial charge in [-0.15, -0.1) is 11.8 Å². The van der Waals surface area contributed by atoms with E-state index < -0.39 is 11.3 Å². The average Bonchev–Trinajstić information content (AvgIpc) is 2.41. The Kier molecular flexibility index (Phi) is 5.59. The van der Waals surface area contributed by atoms with Crippen LogP contribution in [0.1, 0.15) is 38.2 Å². The van der Waals surface area contributed by atoms with Crippen LogP contribution in [0.5, 0.6) is 0 Å². The Bertz CT molecular complexity index is 473. The molecule has 0 radical (unpaired) electrons. The zero-order valence-corrected chi connectivity index (χ0v) is 11.5. The van der Waals surface area contributed by atoms with Crippen molar-refractivity contribution in [3.05, 3.63) is 35.9 Å². The highest BCUT2D eigenvalue weighted by molar-refractivity contribution is 5.82. The van der Waals surface area contributed by atoms with Gasteiger partial charge in [0, 0.05) is 18.8 Å². The maximum absolute atomic E-state index is 11.8. The molecule has 0 fully saturated rings. The van der Waals surface area contributed by atoms with E-state index in [1.807, 2.05) is 37.3 Å². The van der Waals surface area contributed by atoms with Crippen molar-refractivity contribution in [3.8, 4) is 11.8 Å². The molecule has 1 amide bonds. The van der Waals surface area contributed by atoms with Crippen molar-refractivity contribution in [2.24, 2.45) is 11.1 Å². The summed E-state index contributed by atoms with van der Waals surface area (Å²) in [4.78, 5) is 11.8. The molecular weight excluding hydrogens is 238 g/mol. The number of carbonyl (C=O) groups excluding carboxylic acids is 1. The molecule has 1 unspecified atom stereocenters. The number of rotatable bonds is 5. The third-order valence-corrected chi connectivity index (χ3v) is 3.47. The average molecular weight is 259 g/mol. The fraction of sp³-hybridized carbons (Fsp3) is 0.438. The van der Waals surface area contributed by atoms with E-state index in [4.69, 9.17) is 5.73 Å². The number of benzene rings is 1. The number of aliphatic hydroxyl groups excluding tert-OH is 1. The fourth-order valence-corrected chi connectivity index (χ4v) is 2.11. The number of aliphatic hydroxyl groups is 1. The van der Waals surface area contributed by atoms with Crippen LogP contribution in [0.4, 0.5) is 0 Å². The molecule has 2 atom stereocenters. The molecule has 0 bridgehead atoms. The summed E-state index contributed by atoms with van der Waals surface area (Å²) in [7, 11) is 0. The number of carbonyl (C=O) groups is 1. The predicted octanol–water partition coefficient (Wildman–Crippen LogP) is 2.06. The van der Waals surface area contributed by atoms with E-state index in [0.717, 1.165) is 12.0 Å². The highest BCUT2D eigenvalue weighted by Gasteiger charge is 2.39. The molecule has 0 saturated carbocycles. The highest BCUT2D eigenvalue weighted by atomic mass is 16.3. The molecule has 19 heavy (non-hydrogen) atoms. The lowest BCUT2D eigenvalue weighted by molar-refractivity contribution is -0.128. The van der Waals surface area contributed by atoms with Crippen LogP contribution >= 0.6 is 0 Å². The van der Waals surface area contributed by atoms with Crippen molar-refractivity contribution in [3.63, 3.8) is 0 Å². The Balaban J connectivity index is 3.11. The first-order valence-electron chi connectivity index (χ1n) is 6.47. The van der Waals surface area contributed by atoms with Crippen LogP contribution in [0, 0.1) is 17.3 Å². The summed E-state index contributed by atoms with van der Waals surface area (Å²) in [6.07, 6.45) is 1.10. The zero-order chi connectivity index (χ0) is 14.3. The number of primary amides is 1. The van der Waals surface area contributed by atoms with Gasteiger partial charge in [0.15, 0.2) is 0 Å². The van der Waals surface area contributed by atoms with E-state index in [2.05, 4.69) is 11.8 Å². The predicted molar refractivity (Wildman–Crippen MR) is 76.3 cm³/mol. The van der Waals surface area contributed by atoms with Crippen LogP contribution in [-0.2, 0) is 4.79 Å². The van der Waals surface area contributed by atoms with E-state index in [1.165, 1.54) is 0 Å². The monoisotopic (exact) mass is 259 g/mol. The lowest BCUT2D eigenvalue weighted by Crippen LogP contribution is -2.41. The molecular formula is C16H21NO2. The van der Waals surface area contributed by atoms with Crippen molar-refractivity contribution in [2.45, 2.75) is 32.6 Å². The number of hydrogen-bond acceptors (Lipinski definition) is 2. The van der Waals surface area contributed by atoms with Crippen LogP contribution in [0.2, 0.25) is 0 Å². The van der Waals surface area contributed by atoms with Crippen LogP contribution in [-0.4, -0.2) is 17.6 Å². The lowest BCUT2D eigenvalue weighted by Gasteiger charge is -2.32. The largest absolute Gasteiger partial charge is 0.396 e. The third-order valence-electron chi connectivity index (χ3n) is 3.47. The number of nitrogens with two attached hydrogens (primary N) is 1. The number of hydrogen-bond donors (Lipinski definition) is 2. The van der Waals surface area contributed by atoms with E-state index in [1.54, 1.807) is 6.92 Å². The van der Waals surface area contributed by atoms with Crippen molar-refractivity contribution < 1.29 is 9.90 Å². The molecule has 102 valence electrons. The molecule has 0 heterocycles. The molecule has 0 aliphatic rings. The topological polar surface area (TPSA) is 63.3 Å². The summed E-state index contributed by atoms with van der Waals surface area (Å²) in [5.41, 5.74) is 5.59. The summed E-state index contributed by atoms with van der Waals surface area (Å²) in [6.45, 7) is 3.60. The van der Waals surface area contributed by atoms with Gasteiger partial charge in [-0.3, -0.25) is 4.79 Å². The molecule has 3 N–H and O–H groups in total. The van der Waals surface area contributed by atoms with Crippen LogP contribution in [0.15, 0.2) is 30.3 Å². The van der Waals surface area contributed by atoms with E-state index in [-0.39, 0.29) is 12.5 Å². The molecule has 0 aromatic heterocycles. The van der Waals surface area contributed by atoms with Crippen LogP contribution < -0.4 is 5.73 Å². The Morgan fingerprint density at radius 3 is 2.47 bits per heavy atom. The second-order valence-corrected chi connectivity index (χ2v) is 4.81. The summed E-state index contributed by atoms with van der Waals surface area (Å²) in [6, 6.07) is 9.47. The molecule has 1 aromatic rings. The van der Waals surface area contributed by atoms with Crippen molar-refractivity contribution in [1.82, 2.24) is 0 Å². The zero-order valence-electron chi connectivity index (χ0n) is 11.5. The van der Waals surface area contributed by atoms with Crippen LogP contribution in [0.25, 0.3) is 0 Å². The molecule has 1 rings (SSSR count). The molecule has 0 spiro atoms. The maximum Gasteiger partial charge on any atom is 0.225 e. The van der Waals surface area contributed by atoms with Gasteiger partial charge < -0.3 is 10.8 Å². The number of amides is 1. The Morgan fingerprint density at radius 2 is 2.00 bits per heavy atom. The standard InChI is InChI=1S/C16H21NO2/c1-3-4-8-11-16(2,15(17)19)14(12-18)13-9-6-5-7-10-13/h5-7,9-10,14,18H,3,11-12H2,1-2H3,(H2,17,19)/t14-,16?/m1/s1. The first-order chi connectivity index (χ1) is 9.06. The minimum Gasteiger partial charge on any atom is -0.396 e. The van der Waals surface area contributed by atoms with E-state index in [9.17, 15) is 9.90 Å². The SMILES string of the molecule is CCC#CCC(C)(C(N)=O)[C@H](CO)c1ccccc1. The molecule has 1 aromatic carbocycles. The van der Waals surface area contributed by atoms with Gasteiger partial charge in [0.1, 0.15) is 0 Å². The molecule has 0 saturated heterocycles. The summed E-state index contributed by atoms with van der Waals surface area (Å²) < 4.78 is 0. The lowest BCUT2D eigenvalue weighted by atomic mass is 9.71. The molecule has 3 nitrogen and oxygen atoms in total. The third kappa shape index (κ3) is 3.59. The minimum atomic E-state index is -0.863. The van der Waals surface area contributed by atoms with Gasteiger partial charge in [0.25, 0.3) is 0 Å². The smallest absolute Gasteiger partial charge is 0.225 e. The van der Waals surface area contributed by atoms with E-state index in [0.29, 0.717) is 6.42 Å². The normalized spacial score (nSPS) is 14.9. The summed E-state index contributed by atoms with van der Waals surface area (Å²) >= 11 is 0. The van der Waals surface area contributed by atoms with E-state index >= 15 is 0 Å². The first kappa shape index (κ1) is 15.3. The summed E-state index contributed by atoms with van der Waals surface area (Å²) in [5, 5.41) is 9.66. The Hall–Kier alpha value is -1.79. The molecule has 3 heteroatoms. The second-order valence-electron chi connectivity index (χ2n) is 4.81. The molecule has 0 aliphatic heterocycles. The van der Waals surface area contributed by atoms with Gasteiger partial charge in [-0.25, -0.2) is 0 Å². The van der Waals surface area contributed by atoms with Gasteiger partial charge in [-0.1, -0.05) is 37.3 Å². The van der Waals surface area contributed by atoms with Gasteiger partial charge in [0.05, 0.1) is 12.0 Å². The van der Waals surface area contributed by atoms with Gasteiger partial charge in [-0.05, 0) is 12.5 Å². The summed E-state index contributed by atoms with van der Waals surface area (Å²) in [5.74, 6) is 5.16. The minimum absolute atomic E-state index is 0.128. The van der Waals surface area contributed by atoms with Crippen molar-refractivity contribution >= 4 is 5.91 Å². The van der Waals surface area contributed by atoms with Crippen molar-refractivity contribution in [1.29, 1.82) is 0 Å². The van der Waals surface area contributed by atoms with Crippen LogP contribution in [0.3, 0.4) is 0 Å². The van der Waals surface area contributed by atoms with Crippen molar-refractivity contribution in [2.75, 3.05) is 6.61 Å². The quantitative estimate of drug-likeness (QED) is 0.795. The first-order valence-corrected chi connectivity index (χ1v) is 6.47. The van der Waals surface area contributed by atoms with Gasteiger partial charge in [0.2, 0.25) is 5.91 Å². The molecule has 0 aliphatic carbocycles. The Morgan fingerprint density at radius 1 is 1.37 bits per heavy atom.